The SMILES string of the molecule is COc1cc(CNC2(C)CCOCC2)cc2c1OCO2. The lowest BCUT2D eigenvalue weighted by atomic mass is 9.92. The average molecular weight is 279 g/mol. The van der Waals surface area contributed by atoms with Gasteiger partial charge in [-0.05, 0) is 37.5 Å². The Kier molecular flexibility index (Phi) is 3.72. The maximum Gasteiger partial charge on any atom is 0.231 e. The number of hydrogen-bond donors (Lipinski definition) is 1. The Morgan fingerprint density at radius 1 is 1.25 bits per heavy atom. The van der Waals surface area contributed by atoms with Gasteiger partial charge in [-0.25, -0.2) is 0 Å². The summed E-state index contributed by atoms with van der Waals surface area (Å²) in [7, 11) is 1.65. The van der Waals surface area contributed by atoms with Crippen molar-refractivity contribution in [2.45, 2.75) is 31.8 Å². The predicted molar refractivity (Wildman–Crippen MR) is 74.4 cm³/mol. The quantitative estimate of drug-likeness (QED) is 0.914. The molecule has 110 valence electrons. The van der Waals surface area contributed by atoms with Crippen molar-refractivity contribution in [2.75, 3.05) is 27.1 Å². The fourth-order valence-corrected chi connectivity index (χ4v) is 2.60. The van der Waals surface area contributed by atoms with E-state index >= 15 is 0 Å². The maximum atomic E-state index is 5.45. The van der Waals surface area contributed by atoms with E-state index in [1.165, 1.54) is 0 Å². The maximum absolute atomic E-state index is 5.45. The lowest BCUT2D eigenvalue weighted by Crippen LogP contribution is -2.46. The van der Waals surface area contributed by atoms with E-state index < -0.39 is 0 Å². The van der Waals surface area contributed by atoms with Gasteiger partial charge in [0.25, 0.3) is 0 Å². The van der Waals surface area contributed by atoms with Gasteiger partial charge in [-0.2, -0.15) is 0 Å². The molecule has 5 heteroatoms. The molecule has 0 spiro atoms. The Labute approximate surface area is 119 Å². The van der Waals surface area contributed by atoms with E-state index in [0.717, 1.165) is 49.7 Å². The van der Waals surface area contributed by atoms with Crippen LogP contribution in [0.15, 0.2) is 12.1 Å². The van der Waals surface area contributed by atoms with E-state index in [-0.39, 0.29) is 12.3 Å². The average Bonchev–Trinajstić information content (AvgIpc) is 2.93. The van der Waals surface area contributed by atoms with Gasteiger partial charge in [-0.15, -0.1) is 0 Å². The molecule has 0 aliphatic carbocycles. The van der Waals surface area contributed by atoms with Crippen molar-refractivity contribution in [3.05, 3.63) is 17.7 Å². The summed E-state index contributed by atoms with van der Waals surface area (Å²) in [4.78, 5) is 0. The van der Waals surface area contributed by atoms with Crippen molar-refractivity contribution in [1.29, 1.82) is 0 Å². The molecule has 5 nitrogen and oxygen atoms in total. The van der Waals surface area contributed by atoms with Crippen LogP contribution in [0.5, 0.6) is 17.2 Å². The van der Waals surface area contributed by atoms with E-state index in [9.17, 15) is 0 Å². The third-order valence-electron chi connectivity index (χ3n) is 4.03. The fourth-order valence-electron chi connectivity index (χ4n) is 2.60. The number of rotatable bonds is 4. The number of methoxy groups -OCH3 is 1. The molecule has 0 radical (unpaired) electrons. The van der Waals surface area contributed by atoms with E-state index in [0.29, 0.717) is 5.75 Å². The first-order valence-corrected chi connectivity index (χ1v) is 6.99. The smallest absolute Gasteiger partial charge is 0.231 e. The molecule has 1 fully saturated rings. The van der Waals surface area contributed by atoms with E-state index in [4.69, 9.17) is 18.9 Å². The summed E-state index contributed by atoms with van der Waals surface area (Å²) in [6, 6.07) is 4.02. The van der Waals surface area contributed by atoms with Gasteiger partial charge >= 0.3 is 0 Å². The summed E-state index contributed by atoms with van der Waals surface area (Å²) in [6.07, 6.45) is 2.07. The summed E-state index contributed by atoms with van der Waals surface area (Å²) < 4.78 is 21.6. The van der Waals surface area contributed by atoms with Crippen molar-refractivity contribution < 1.29 is 18.9 Å². The first-order chi connectivity index (χ1) is 9.70. The molecular formula is C15H21NO4. The van der Waals surface area contributed by atoms with Crippen molar-refractivity contribution in [2.24, 2.45) is 0 Å². The van der Waals surface area contributed by atoms with Gasteiger partial charge in [0.2, 0.25) is 12.5 Å². The van der Waals surface area contributed by atoms with Crippen LogP contribution in [0.3, 0.4) is 0 Å². The second kappa shape index (κ2) is 5.50. The van der Waals surface area contributed by atoms with Crippen molar-refractivity contribution in [3.63, 3.8) is 0 Å². The highest BCUT2D eigenvalue weighted by Gasteiger charge is 2.27. The zero-order valence-electron chi connectivity index (χ0n) is 12.0. The number of fused-ring (bicyclic) bond motifs is 1. The molecule has 0 amide bonds. The molecule has 20 heavy (non-hydrogen) atoms. The highest BCUT2D eigenvalue weighted by Crippen LogP contribution is 2.41. The molecule has 1 aromatic carbocycles. The molecule has 0 bridgehead atoms. The van der Waals surface area contributed by atoms with Crippen LogP contribution >= 0.6 is 0 Å². The third-order valence-corrected chi connectivity index (χ3v) is 4.03. The number of nitrogens with one attached hydrogen (secondary N) is 1. The topological polar surface area (TPSA) is 49.0 Å². The second-order valence-corrected chi connectivity index (χ2v) is 5.56. The predicted octanol–water partition coefficient (Wildman–Crippen LogP) is 2.08. The Balaban J connectivity index is 1.71. The van der Waals surface area contributed by atoms with Gasteiger partial charge in [-0.3, -0.25) is 0 Å². The Morgan fingerprint density at radius 2 is 2.05 bits per heavy atom. The number of ether oxygens (including phenoxy) is 4. The van der Waals surface area contributed by atoms with Crippen LogP contribution in [0.4, 0.5) is 0 Å². The van der Waals surface area contributed by atoms with Crippen LogP contribution in [-0.2, 0) is 11.3 Å². The summed E-state index contributed by atoms with van der Waals surface area (Å²) in [5.74, 6) is 2.20. The van der Waals surface area contributed by atoms with E-state index in [1.54, 1.807) is 7.11 Å². The van der Waals surface area contributed by atoms with Gasteiger partial charge in [0.1, 0.15) is 0 Å². The molecule has 3 rings (SSSR count). The Hall–Kier alpha value is -1.46. The van der Waals surface area contributed by atoms with Gasteiger partial charge in [-0.1, -0.05) is 0 Å². The lowest BCUT2D eigenvalue weighted by molar-refractivity contribution is 0.0446. The van der Waals surface area contributed by atoms with Crippen LogP contribution < -0.4 is 19.5 Å². The van der Waals surface area contributed by atoms with Crippen molar-refractivity contribution in [1.82, 2.24) is 5.32 Å². The molecule has 2 aliphatic rings. The molecule has 0 saturated carbocycles. The highest BCUT2D eigenvalue weighted by atomic mass is 16.7. The summed E-state index contributed by atoms with van der Waals surface area (Å²) in [5.41, 5.74) is 1.28. The third kappa shape index (κ3) is 2.69. The van der Waals surface area contributed by atoms with E-state index in [2.05, 4.69) is 12.2 Å². The zero-order valence-corrected chi connectivity index (χ0v) is 12.0. The Morgan fingerprint density at radius 3 is 2.80 bits per heavy atom. The number of hydrogen-bond acceptors (Lipinski definition) is 5. The van der Waals surface area contributed by atoms with Gasteiger partial charge < -0.3 is 24.3 Å². The van der Waals surface area contributed by atoms with Gasteiger partial charge in [0.15, 0.2) is 11.5 Å². The zero-order chi connectivity index (χ0) is 14.0. The fraction of sp³-hybridized carbons (Fsp3) is 0.600. The first kappa shape index (κ1) is 13.5. The van der Waals surface area contributed by atoms with Gasteiger partial charge in [0, 0.05) is 25.3 Å². The molecule has 2 heterocycles. The first-order valence-electron chi connectivity index (χ1n) is 6.99. The van der Waals surface area contributed by atoms with Crippen LogP contribution in [0.2, 0.25) is 0 Å². The van der Waals surface area contributed by atoms with Crippen LogP contribution in [-0.4, -0.2) is 32.7 Å². The van der Waals surface area contributed by atoms with Crippen LogP contribution in [0.1, 0.15) is 25.3 Å². The molecule has 2 aliphatic heterocycles. The minimum Gasteiger partial charge on any atom is -0.493 e. The minimum atomic E-state index is 0.141. The van der Waals surface area contributed by atoms with Crippen molar-refractivity contribution >= 4 is 0 Å². The van der Waals surface area contributed by atoms with E-state index in [1.807, 2.05) is 12.1 Å². The molecule has 0 aromatic heterocycles. The number of benzene rings is 1. The highest BCUT2D eigenvalue weighted by molar-refractivity contribution is 5.55. The van der Waals surface area contributed by atoms with Crippen LogP contribution in [0, 0.1) is 0 Å². The summed E-state index contributed by atoms with van der Waals surface area (Å²) in [5, 5.41) is 3.62. The monoisotopic (exact) mass is 279 g/mol. The van der Waals surface area contributed by atoms with Crippen LogP contribution in [0.25, 0.3) is 0 Å². The standard InChI is InChI=1S/C15H21NO4/c1-15(3-5-18-6-4-15)16-9-11-7-12(17-2)14-13(8-11)19-10-20-14/h7-8,16H,3-6,9-10H2,1-2H3. The van der Waals surface area contributed by atoms with Gasteiger partial charge in [0.05, 0.1) is 7.11 Å². The molecular weight excluding hydrogens is 258 g/mol. The molecule has 1 aromatic rings. The normalized spacial score (nSPS) is 19.9. The largest absolute Gasteiger partial charge is 0.493 e. The Bertz CT molecular complexity index is 483. The molecule has 0 atom stereocenters. The van der Waals surface area contributed by atoms with Crippen molar-refractivity contribution in [3.8, 4) is 17.2 Å². The lowest BCUT2D eigenvalue weighted by Gasteiger charge is -2.34. The minimum absolute atomic E-state index is 0.141. The summed E-state index contributed by atoms with van der Waals surface area (Å²) in [6.45, 7) is 4.95. The molecule has 1 saturated heterocycles. The summed E-state index contributed by atoms with van der Waals surface area (Å²) >= 11 is 0. The molecule has 1 N–H and O–H groups in total. The molecule has 0 unspecified atom stereocenters. The second-order valence-electron chi connectivity index (χ2n) is 5.56.